The van der Waals surface area contributed by atoms with Crippen LogP contribution in [0.25, 0.3) is 0 Å². The van der Waals surface area contributed by atoms with Crippen molar-refractivity contribution in [3.05, 3.63) is 35.1 Å². The van der Waals surface area contributed by atoms with E-state index in [1.165, 1.54) is 0 Å². The number of urea groups is 1. The van der Waals surface area contributed by atoms with Crippen LogP contribution in [0, 0.1) is 18.7 Å². The highest BCUT2D eigenvalue weighted by atomic mass is 19.1. The fourth-order valence-corrected chi connectivity index (χ4v) is 5.05. The second kappa shape index (κ2) is 7.16. The molecule has 2 N–H and O–H groups in total. The molecule has 3 aliphatic rings. The van der Waals surface area contributed by atoms with Gasteiger partial charge >= 0.3 is 6.03 Å². The van der Waals surface area contributed by atoms with E-state index in [1.54, 1.807) is 12.1 Å². The maximum absolute atomic E-state index is 15.1. The first-order valence-corrected chi connectivity index (χ1v) is 9.75. The van der Waals surface area contributed by atoms with Gasteiger partial charge in [0.25, 0.3) is 0 Å². The molecule has 26 heavy (non-hydrogen) atoms. The van der Waals surface area contributed by atoms with Gasteiger partial charge in [0.15, 0.2) is 0 Å². The largest absolute Gasteiger partial charge is 0.381 e. The number of rotatable bonds is 3. The molecule has 1 aromatic carbocycles. The molecule has 6 heteroatoms. The maximum Gasteiger partial charge on any atom is 0.318 e. The van der Waals surface area contributed by atoms with Crippen molar-refractivity contribution in [3.63, 3.8) is 0 Å². The van der Waals surface area contributed by atoms with Gasteiger partial charge in [0, 0.05) is 31.4 Å². The van der Waals surface area contributed by atoms with Crippen molar-refractivity contribution >= 4 is 6.03 Å². The molecule has 3 fully saturated rings. The van der Waals surface area contributed by atoms with Crippen LogP contribution in [0.3, 0.4) is 0 Å². The first-order chi connectivity index (χ1) is 12.6. The number of benzene rings is 1. The summed E-state index contributed by atoms with van der Waals surface area (Å²) in [6.45, 7) is 5.60. The van der Waals surface area contributed by atoms with Gasteiger partial charge in [0.05, 0.1) is 5.54 Å². The van der Waals surface area contributed by atoms with E-state index < -0.39 is 5.54 Å². The van der Waals surface area contributed by atoms with Crippen LogP contribution in [0.2, 0.25) is 0 Å². The highest BCUT2D eigenvalue weighted by Gasteiger charge is 2.55. The van der Waals surface area contributed by atoms with Crippen molar-refractivity contribution in [2.24, 2.45) is 5.92 Å². The molecule has 0 saturated carbocycles. The van der Waals surface area contributed by atoms with Crippen LogP contribution in [-0.4, -0.2) is 49.8 Å². The Morgan fingerprint density at radius 3 is 2.65 bits per heavy atom. The zero-order valence-electron chi connectivity index (χ0n) is 15.4. The fraction of sp³-hybridized carbons (Fsp3) is 0.650. The van der Waals surface area contributed by atoms with E-state index >= 15 is 4.39 Å². The van der Waals surface area contributed by atoms with Gasteiger partial charge in [-0.3, -0.25) is 0 Å². The minimum absolute atomic E-state index is 0.0516. The summed E-state index contributed by atoms with van der Waals surface area (Å²) in [5, 5.41) is 6.43. The Hall–Kier alpha value is -1.66. The molecule has 1 aromatic rings. The smallest absolute Gasteiger partial charge is 0.318 e. The van der Waals surface area contributed by atoms with E-state index in [0.717, 1.165) is 44.3 Å². The molecule has 4 rings (SSSR count). The van der Waals surface area contributed by atoms with Crippen LogP contribution in [0.15, 0.2) is 18.2 Å². The molecule has 142 valence electrons. The second-order valence-electron chi connectivity index (χ2n) is 7.80. The summed E-state index contributed by atoms with van der Waals surface area (Å²) in [5.74, 6) is -0.0149. The standard InChI is InChI=1S/C20H28FN3O2/c1-14-2-3-18(21)17(12-14)20(15-6-10-26-11-7-15)13-23-19(25)24(20)16-4-8-22-9-5-16/h2-3,12,15-16,22H,4-11,13H2,1H3,(H,23,25). The topological polar surface area (TPSA) is 53.6 Å². The average molecular weight is 361 g/mol. The Morgan fingerprint density at radius 2 is 1.92 bits per heavy atom. The summed E-state index contributed by atoms with van der Waals surface area (Å²) in [6, 6.07) is 5.38. The van der Waals surface area contributed by atoms with Gasteiger partial charge in [-0.2, -0.15) is 0 Å². The number of carbonyl (C=O) groups excluding carboxylic acids is 1. The molecule has 0 bridgehead atoms. The lowest BCUT2D eigenvalue weighted by molar-refractivity contribution is -0.0167. The van der Waals surface area contributed by atoms with Gasteiger partial charge in [-0.25, -0.2) is 9.18 Å². The molecule has 0 radical (unpaired) electrons. The third-order valence-electron chi connectivity index (χ3n) is 6.32. The summed E-state index contributed by atoms with van der Waals surface area (Å²) in [4.78, 5) is 14.9. The zero-order chi connectivity index (χ0) is 18.1. The predicted molar refractivity (Wildman–Crippen MR) is 97.5 cm³/mol. The van der Waals surface area contributed by atoms with Crippen molar-refractivity contribution in [1.29, 1.82) is 0 Å². The SMILES string of the molecule is Cc1ccc(F)c(C2(C3CCOCC3)CNC(=O)N2C2CCNCC2)c1. The predicted octanol–water partition coefficient (Wildman–Crippen LogP) is 2.53. The minimum Gasteiger partial charge on any atom is -0.381 e. The van der Waals surface area contributed by atoms with Gasteiger partial charge < -0.3 is 20.3 Å². The van der Waals surface area contributed by atoms with Gasteiger partial charge in [0.1, 0.15) is 5.82 Å². The van der Waals surface area contributed by atoms with Crippen LogP contribution >= 0.6 is 0 Å². The summed E-state index contributed by atoms with van der Waals surface area (Å²) in [6.07, 6.45) is 3.52. The molecule has 0 spiro atoms. The van der Waals surface area contributed by atoms with Gasteiger partial charge in [-0.15, -0.1) is 0 Å². The Balaban J connectivity index is 1.83. The number of halogens is 1. The van der Waals surface area contributed by atoms with Crippen LogP contribution in [0.5, 0.6) is 0 Å². The molecule has 3 aliphatic heterocycles. The molecule has 1 atom stereocenters. The average Bonchev–Trinajstić information content (AvgIpc) is 3.03. The monoisotopic (exact) mass is 361 g/mol. The normalized spacial score (nSPS) is 28.4. The number of hydrogen-bond acceptors (Lipinski definition) is 3. The van der Waals surface area contributed by atoms with Crippen molar-refractivity contribution < 1.29 is 13.9 Å². The van der Waals surface area contributed by atoms with E-state index in [1.807, 2.05) is 17.9 Å². The maximum atomic E-state index is 15.1. The highest BCUT2D eigenvalue weighted by molar-refractivity contribution is 5.79. The lowest BCUT2D eigenvalue weighted by atomic mass is 9.72. The molecule has 1 unspecified atom stereocenters. The van der Waals surface area contributed by atoms with Crippen LogP contribution in [-0.2, 0) is 10.3 Å². The van der Waals surface area contributed by atoms with E-state index in [9.17, 15) is 4.79 Å². The zero-order valence-corrected chi connectivity index (χ0v) is 15.4. The van der Waals surface area contributed by atoms with Gasteiger partial charge in [-0.05, 0) is 57.7 Å². The second-order valence-corrected chi connectivity index (χ2v) is 7.80. The summed E-state index contributed by atoms with van der Waals surface area (Å²) < 4.78 is 20.7. The molecular formula is C20H28FN3O2. The highest BCUT2D eigenvalue weighted by Crippen LogP contribution is 2.46. The van der Waals surface area contributed by atoms with E-state index in [-0.39, 0.29) is 23.8 Å². The first kappa shape index (κ1) is 17.7. The molecular weight excluding hydrogens is 333 g/mol. The van der Waals surface area contributed by atoms with Gasteiger partial charge in [0.2, 0.25) is 0 Å². The number of aryl methyl sites for hydroxylation is 1. The third kappa shape index (κ3) is 2.89. The number of ether oxygens (including phenoxy) is 1. The van der Waals surface area contributed by atoms with E-state index in [0.29, 0.717) is 25.3 Å². The number of hydrogen-bond donors (Lipinski definition) is 2. The number of nitrogens with zero attached hydrogens (tertiary/aromatic N) is 1. The number of nitrogens with one attached hydrogen (secondary N) is 2. The molecule has 2 amide bonds. The lowest BCUT2D eigenvalue weighted by Crippen LogP contribution is -2.57. The molecule has 0 aromatic heterocycles. The number of carbonyl (C=O) groups is 1. The first-order valence-electron chi connectivity index (χ1n) is 9.75. The van der Waals surface area contributed by atoms with Crippen molar-refractivity contribution in [1.82, 2.24) is 15.5 Å². The quantitative estimate of drug-likeness (QED) is 0.870. The van der Waals surface area contributed by atoms with Crippen LogP contribution in [0.1, 0.15) is 36.8 Å². The third-order valence-corrected chi connectivity index (χ3v) is 6.32. The fourth-order valence-electron chi connectivity index (χ4n) is 5.05. The Morgan fingerprint density at radius 1 is 1.19 bits per heavy atom. The number of amides is 2. The molecule has 0 aliphatic carbocycles. The van der Waals surface area contributed by atoms with Crippen molar-refractivity contribution in [3.8, 4) is 0 Å². The Bertz CT molecular complexity index is 671. The number of piperidine rings is 1. The van der Waals surface area contributed by atoms with E-state index in [4.69, 9.17) is 4.74 Å². The lowest BCUT2D eigenvalue weighted by Gasteiger charge is -2.49. The van der Waals surface area contributed by atoms with Crippen molar-refractivity contribution in [2.75, 3.05) is 32.8 Å². The molecule has 5 nitrogen and oxygen atoms in total. The molecule has 3 saturated heterocycles. The van der Waals surface area contributed by atoms with Crippen LogP contribution in [0.4, 0.5) is 9.18 Å². The van der Waals surface area contributed by atoms with Crippen molar-refractivity contribution in [2.45, 2.75) is 44.2 Å². The Kier molecular flexibility index (Phi) is 4.88. The Labute approximate surface area is 154 Å². The summed E-state index contributed by atoms with van der Waals surface area (Å²) in [5.41, 5.74) is 1.07. The van der Waals surface area contributed by atoms with Gasteiger partial charge in [-0.1, -0.05) is 17.7 Å². The minimum atomic E-state index is -0.626. The summed E-state index contributed by atoms with van der Waals surface area (Å²) >= 11 is 0. The van der Waals surface area contributed by atoms with Crippen LogP contribution < -0.4 is 10.6 Å². The molecule has 3 heterocycles. The van der Waals surface area contributed by atoms with E-state index in [2.05, 4.69) is 10.6 Å². The summed E-state index contributed by atoms with van der Waals surface area (Å²) in [7, 11) is 0.